The van der Waals surface area contributed by atoms with Gasteiger partial charge in [0.05, 0.1) is 10.9 Å². The van der Waals surface area contributed by atoms with Crippen LogP contribution in [0, 0.1) is 0 Å². The van der Waals surface area contributed by atoms with Crippen LogP contribution in [0.4, 0.5) is 0 Å². The smallest absolute Gasteiger partial charge is 0.332 e. The maximum atomic E-state index is 13.2. The summed E-state index contributed by atoms with van der Waals surface area (Å²) in [5.74, 6) is 0.769. The van der Waals surface area contributed by atoms with Gasteiger partial charge < -0.3 is 4.52 Å². The highest BCUT2D eigenvalue weighted by Crippen LogP contribution is 2.21. The molecule has 0 N–H and O–H groups in total. The number of nitrogens with zero attached hydrogens (tertiary/aromatic N) is 4. The van der Waals surface area contributed by atoms with Crippen LogP contribution in [0.25, 0.3) is 22.3 Å². The van der Waals surface area contributed by atoms with E-state index in [1.54, 1.807) is 36.0 Å². The van der Waals surface area contributed by atoms with Crippen molar-refractivity contribution in [3.05, 3.63) is 75.3 Å². The maximum Gasteiger partial charge on any atom is 0.332 e. The number of benzene rings is 2. The summed E-state index contributed by atoms with van der Waals surface area (Å²) < 4.78 is 8.26. The van der Waals surface area contributed by atoms with Crippen LogP contribution in [0.15, 0.2) is 67.5 Å². The predicted octanol–water partition coefficient (Wildman–Crippen LogP) is 3.95. The summed E-state index contributed by atoms with van der Waals surface area (Å²) in [6.07, 6.45) is 2.69. The summed E-state index contributed by atoms with van der Waals surface area (Å²) in [6, 6.07) is 14.7. The molecule has 4 aromatic rings. The second-order valence-electron chi connectivity index (χ2n) is 7.06. The Morgan fingerprint density at radius 1 is 1.10 bits per heavy atom. The molecule has 4 rings (SSSR count). The molecule has 7 nitrogen and oxygen atoms in total. The first-order valence-electron chi connectivity index (χ1n) is 9.74. The molecule has 2 aromatic carbocycles. The van der Waals surface area contributed by atoms with Crippen molar-refractivity contribution in [3.8, 4) is 11.4 Å². The third kappa shape index (κ3) is 3.59. The molecule has 8 heteroatoms. The molecule has 1 atom stereocenters. The Bertz CT molecular complexity index is 1300. The van der Waals surface area contributed by atoms with Crippen LogP contribution in [0.3, 0.4) is 0 Å². The highest BCUT2D eigenvalue weighted by molar-refractivity contribution is 7.98. The Labute approximate surface area is 177 Å². The fourth-order valence-corrected chi connectivity index (χ4v) is 3.78. The Morgan fingerprint density at radius 3 is 2.53 bits per heavy atom. The van der Waals surface area contributed by atoms with E-state index in [0.717, 1.165) is 10.5 Å². The lowest BCUT2D eigenvalue weighted by Crippen LogP contribution is -2.41. The summed E-state index contributed by atoms with van der Waals surface area (Å²) >= 11 is 1.66. The molecular weight excluding hydrogens is 400 g/mol. The lowest BCUT2D eigenvalue weighted by Gasteiger charge is -2.16. The van der Waals surface area contributed by atoms with Gasteiger partial charge in [0, 0.05) is 16.5 Å². The lowest BCUT2D eigenvalue weighted by molar-refractivity contribution is 0.367. The van der Waals surface area contributed by atoms with E-state index in [1.807, 2.05) is 44.4 Å². The van der Waals surface area contributed by atoms with E-state index in [0.29, 0.717) is 29.0 Å². The molecule has 0 amide bonds. The van der Waals surface area contributed by atoms with Crippen molar-refractivity contribution in [3.63, 3.8) is 0 Å². The number of hydrogen-bond donors (Lipinski definition) is 0. The SMILES string of the molecule is CC[C@H](C)n1c(=O)c2ccccc2n(Cc2nc(-c3ccc(SC)cc3)no2)c1=O. The average Bonchev–Trinajstić information content (AvgIpc) is 3.25. The molecular formula is C22H22N4O3S. The van der Waals surface area contributed by atoms with Crippen LogP contribution in [0.5, 0.6) is 0 Å². The molecule has 30 heavy (non-hydrogen) atoms. The molecule has 0 saturated carbocycles. The monoisotopic (exact) mass is 422 g/mol. The number of thioether (sulfide) groups is 1. The average molecular weight is 423 g/mol. The molecule has 0 aliphatic heterocycles. The summed E-state index contributed by atoms with van der Waals surface area (Å²) in [5.41, 5.74) is 0.735. The zero-order valence-corrected chi connectivity index (χ0v) is 17.8. The normalized spacial score (nSPS) is 12.4. The summed E-state index contributed by atoms with van der Waals surface area (Å²) in [5, 5.41) is 4.55. The molecule has 154 valence electrons. The molecule has 0 aliphatic rings. The molecule has 0 bridgehead atoms. The quantitative estimate of drug-likeness (QED) is 0.438. The fraction of sp³-hybridized carbons (Fsp3) is 0.273. The summed E-state index contributed by atoms with van der Waals surface area (Å²) in [4.78, 5) is 31.7. The summed E-state index contributed by atoms with van der Waals surface area (Å²) in [6.45, 7) is 3.90. The van der Waals surface area contributed by atoms with Crippen LogP contribution in [0.2, 0.25) is 0 Å². The van der Waals surface area contributed by atoms with E-state index in [1.165, 1.54) is 9.13 Å². The molecule has 0 fully saturated rings. The molecule has 0 saturated heterocycles. The van der Waals surface area contributed by atoms with Crippen LogP contribution in [-0.2, 0) is 6.54 Å². The van der Waals surface area contributed by atoms with Gasteiger partial charge in [0.2, 0.25) is 11.7 Å². The van der Waals surface area contributed by atoms with Gasteiger partial charge in [0.25, 0.3) is 5.56 Å². The topological polar surface area (TPSA) is 82.9 Å². The van der Waals surface area contributed by atoms with Gasteiger partial charge in [-0.15, -0.1) is 11.8 Å². The first-order valence-corrected chi connectivity index (χ1v) is 11.0. The maximum absolute atomic E-state index is 13.2. The largest absolute Gasteiger partial charge is 0.337 e. The van der Waals surface area contributed by atoms with Gasteiger partial charge in [0.15, 0.2) is 0 Å². The number of para-hydroxylation sites is 1. The van der Waals surface area contributed by atoms with Crippen molar-refractivity contribution >= 4 is 22.7 Å². The van der Waals surface area contributed by atoms with Crippen LogP contribution in [-0.4, -0.2) is 25.5 Å². The molecule has 0 spiro atoms. The van der Waals surface area contributed by atoms with Crippen LogP contribution >= 0.6 is 11.8 Å². The molecule has 0 aliphatic carbocycles. The minimum Gasteiger partial charge on any atom is -0.337 e. The van der Waals surface area contributed by atoms with E-state index < -0.39 is 0 Å². The van der Waals surface area contributed by atoms with Crippen molar-refractivity contribution in [2.24, 2.45) is 0 Å². The standard InChI is InChI=1S/C22H22N4O3S/c1-4-14(2)26-21(27)17-7-5-6-8-18(17)25(22(26)28)13-19-23-20(24-29-19)15-9-11-16(30-3)12-10-15/h5-12,14H,4,13H2,1-3H3/t14-/m0/s1. The van der Waals surface area contributed by atoms with E-state index >= 15 is 0 Å². The van der Waals surface area contributed by atoms with E-state index in [4.69, 9.17) is 4.52 Å². The van der Waals surface area contributed by atoms with Crippen molar-refractivity contribution in [2.75, 3.05) is 6.26 Å². The minimum atomic E-state index is -0.378. The van der Waals surface area contributed by atoms with Gasteiger partial charge >= 0.3 is 5.69 Å². The molecule has 0 unspecified atom stereocenters. The fourth-order valence-electron chi connectivity index (χ4n) is 3.38. The zero-order valence-electron chi connectivity index (χ0n) is 17.0. The van der Waals surface area contributed by atoms with Gasteiger partial charge in [-0.2, -0.15) is 4.98 Å². The van der Waals surface area contributed by atoms with Gasteiger partial charge in [-0.05, 0) is 56.0 Å². The number of hydrogen-bond acceptors (Lipinski definition) is 6. The van der Waals surface area contributed by atoms with Crippen molar-refractivity contribution in [2.45, 2.75) is 37.8 Å². The lowest BCUT2D eigenvalue weighted by atomic mass is 10.2. The van der Waals surface area contributed by atoms with Crippen LogP contribution in [0.1, 0.15) is 32.2 Å². The summed E-state index contributed by atoms with van der Waals surface area (Å²) in [7, 11) is 0. The molecule has 0 radical (unpaired) electrons. The van der Waals surface area contributed by atoms with Gasteiger partial charge in [-0.1, -0.05) is 24.2 Å². The Morgan fingerprint density at radius 2 is 1.83 bits per heavy atom. The first kappa shape index (κ1) is 20.2. The van der Waals surface area contributed by atoms with Gasteiger partial charge in [-0.3, -0.25) is 13.9 Å². The van der Waals surface area contributed by atoms with Gasteiger partial charge in [0.1, 0.15) is 6.54 Å². The molecule has 2 heterocycles. The van der Waals surface area contributed by atoms with Gasteiger partial charge in [-0.25, -0.2) is 4.79 Å². The van der Waals surface area contributed by atoms with Crippen LogP contribution < -0.4 is 11.2 Å². The Balaban J connectivity index is 1.78. The number of aromatic nitrogens is 4. The van der Waals surface area contributed by atoms with Crippen molar-refractivity contribution < 1.29 is 4.52 Å². The Kier molecular flexibility index (Phi) is 5.59. The second-order valence-corrected chi connectivity index (χ2v) is 7.94. The molecule has 2 aromatic heterocycles. The second kappa shape index (κ2) is 8.31. The van der Waals surface area contributed by atoms with Crippen molar-refractivity contribution in [1.29, 1.82) is 0 Å². The zero-order chi connectivity index (χ0) is 21.3. The predicted molar refractivity (Wildman–Crippen MR) is 118 cm³/mol. The highest BCUT2D eigenvalue weighted by Gasteiger charge is 2.18. The van der Waals surface area contributed by atoms with Crippen molar-refractivity contribution in [1.82, 2.24) is 19.3 Å². The van der Waals surface area contributed by atoms with E-state index in [2.05, 4.69) is 10.1 Å². The van der Waals surface area contributed by atoms with E-state index in [-0.39, 0.29) is 23.8 Å². The third-order valence-corrected chi connectivity index (χ3v) is 5.97. The van der Waals surface area contributed by atoms with E-state index in [9.17, 15) is 9.59 Å². The highest BCUT2D eigenvalue weighted by atomic mass is 32.2. The number of fused-ring (bicyclic) bond motifs is 1. The third-order valence-electron chi connectivity index (χ3n) is 5.22. The first-order chi connectivity index (χ1) is 14.5. The number of rotatable bonds is 6. The minimum absolute atomic E-state index is 0.0892. The Hall–Kier alpha value is -3.13.